The van der Waals surface area contributed by atoms with E-state index in [1.165, 1.54) is 23.1 Å². The number of carbonyl (C=O) groups excluding carboxylic acids is 1. The number of sulfone groups is 1. The van der Waals surface area contributed by atoms with Crippen LogP contribution < -0.4 is 4.74 Å². The quantitative estimate of drug-likeness (QED) is 0.590. The molecule has 2 atom stereocenters. The zero-order valence-electron chi connectivity index (χ0n) is 17.5. The van der Waals surface area contributed by atoms with Crippen LogP contribution in [-0.4, -0.2) is 42.9 Å². The molecule has 168 valence electrons. The Kier molecular flexibility index (Phi) is 7.18. The van der Waals surface area contributed by atoms with Gasteiger partial charge in [0.15, 0.2) is 15.9 Å². The lowest BCUT2D eigenvalue weighted by Crippen LogP contribution is -2.46. The molecule has 0 bridgehead atoms. The number of hydrogen-bond acceptors (Lipinski definition) is 4. The third kappa shape index (κ3) is 5.51. The number of carbonyl (C=O) groups is 1. The van der Waals surface area contributed by atoms with Gasteiger partial charge in [-0.2, -0.15) is 0 Å². The number of hydrogen-bond donors (Lipinski definition) is 0. The molecule has 1 aliphatic heterocycles. The Morgan fingerprint density at radius 2 is 1.90 bits per heavy atom. The third-order valence-electron chi connectivity index (χ3n) is 5.39. The summed E-state index contributed by atoms with van der Waals surface area (Å²) >= 11 is 12.4. The number of nitrogens with zero attached hydrogens (tertiary/aromatic N) is 1. The average Bonchev–Trinajstić information content (AvgIpc) is 3.04. The molecule has 31 heavy (non-hydrogen) atoms. The van der Waals surface area contributed by atoms with Crippen LogP contribution in [-0.2, 0) is 21.2 Å². The summed E-state index contributed by atoms with van der Waals surface area (Å²) in [6.45, 7) is 5.12. The fourth-order valence-corrected chi connectivity index (χ4v) is 5.79. The Hall–Kier alpha value is -1.83. The summed E-state index contributed by atoms with van der Waals surface area (Å²) in [5.41, 5.74) is 1.77. The molecule has 0 saturated carbocycles. The van der Waals surface area contributed by atoms with E-state index in [1.54, 1.807) is 19.1 Å². The van der Waals surface area contributed by atoms with Crippen LogP contribution in [0.1, 0.15) is 30.0 Å². The van der Waals surface area contributed by atoms with Gasteiger partial charge in [-0.15, -0.1) is 0 Å². The van der Waals surface area contributed by atoms with E-state index in [2.05, 4.69) is 0 Å². The predicted octanol–water partition coefficient (Wildman–Crippen LogP) is 4.73. The molecule has 0 aromatic heterocycles. The van der Waals surface area contributed by atoms with Crippen LogP contribution in [0.3, 0.4) is 0 Å². The second kappa shape index (κ2) is 9.35. The second-order valence-corrected chi connectivity index (χ2v) is 10.9. The van der Waals surface area contributed by atoms with Gasteiger partial charge in [-0.05, 0) is 62.6 Å². The van der Waals surface area contributed by atoms with Crippen LogP contribution in [0.25, 0.3) is 0 Å². The summed E-state index contributed by atoms with van der Waals surface area (Å²) < 4.78 is 44.3. The molecule has 2 aromatic rings. The zero-order valence-corrected chi connectivity index (χ0v) is 19.8. The van der Waals surface area contributed by atoms with E-state index in [-0.39, 0.29) is 35.1 Å². The van der Waals surface area contributed by atoms with E-state index >= 15 is 0 Å². The van der Waals surface area contributed by atoms with Crippen LogP contribution in [0.2, 0.25) is 10.0 Å². The van der Waals surface area contributed by atoms with Crippen molar-refractivity contribution < 1.29 is 22.3 Å². The van der Waals surface area contributed by atoms with Gasteiger partial charge < -0.3 is 9.64 Å². The summed E-state index contributed by atoms with van der Waals surface area (Å²) in [6.07, 6.45) is -0.639. The molecule has 2 aromatic carbocycles. The Morgan fingerprint density at radius 1 is 1.26 bits per heavy atom. The van der Waals surface area contributed by atoms with E-state index in [4.69, 9.17) is 27.9 Å². The highest BCUT2D eigenvalue weighted by Gasteiger charge is 2.37. The van der Waals surface area contributed by atoms with E-state index in [1.807, 2.05) is 13.8 Å². The minimum absolute atomic E-state index is 0.0166. The summed E-state index contributed by atoms with van der Waals surface area (Å²) in [5, 5.41) is 0.800. The molecule has 2 unspecified atom stereocenters. The lowest BCUT2D eigenvalue weighted by Gasteiger charge is -2.31. The van der Waals surface area contributed by atoms with Gasteiger partial charge in [-0.25, -0.2) is 12.8 Å². The van der Waals surface area contributed by atoms with Gasteiger partial charge in [0.1, 0.15) is 11.6 Å². The highest BCUT2D eigenvalue weighted by Crippen LogP contribution is 2.29. The molecule has 0 spiro atoms. The van der Waals surface area contributed by atoms with Crippen molar-refractivity contribution in [3.8, 4) is 5.75 Å². The molecule has 1 amide bonds. The summed E-state index contributed by atoms with van der Waals surface area (Å²) in [5.74, 6) is -0.702. The zero-order chi connectivity index (χ0) is 22.9. The Balaban J connectivity index is 1.88. The van der Waals surface area contributed by atoms with Gasteiger partial charge in [-0.1, -0.05) is 29.3 Å². The SMILES string of the molecule is Cc1cc(OC(C)C(=O)N(Cc2c(F)cccc2Cl)C2CCS(=O)(=O)C2)cc(C)c1Cl. The normalized spacial score (nSPS) is 18.6. The van der Waals surface area contributed by atoms with Crippen LogP contribution in [0.5, 0.6) is 5.75 Å². The van der Waals surface area contributed by atoms with Crippen molar-refractivity contribution in [3.63, 3.8) is 0 Å². The first-order valence-electron chi connectivity index (χ1n) is 9.85. The molecular weight excluding hydrogens is 464 g/mol. The maximum Gasteiger partial charge on any atom is 0.263 e. The highest BCUT2D eigenvalue weighted by molar-refractivity contribution is 7.91. The van der Waals surface area contributed by atoms with Crippen LogP contribution >= 0.6 is 23.2 Å². The largest absolute Gasteiger partial charge is 0.481 e. The van der Waals surface area contributed by atoms with Crippen molar-refractivity contribution in [3.05, 3.63) is 62.9 Å². The molecule has 1 heterocycles. The average molecular weight is 488 g/mol. The molecule has 1 fully saturated rings. The number of halogens is 3. The fourth-order valence-electron chi connectivity index (χ4n) is 3.72. The molecule has 0 N–H and O–H groups in total. The highest BCUT2D eigenvalue weighted by atomic mass is 35.5. The maximum absolute atomic E-state index is 14.4. The molecule has 1 saturated heterocycles. The Morgan fingerprint density at radius 3 is 2.45 bits per heavy atom. The number of rotatable bonds is 6. The van der Waals surface area contributed by atoms with E-state index in [0.29, 0.717) is 10.8 Å². The summed E-state index contributed by atoms with van der Waals surface area (Å²) in [6, 6.07) is 7.16. The summed E-state index contributed by atoms with van der Waals surface area (Å²) in [7, 11) is -3.26. The first kappa shape index (κ1) is 23.8. The first-order valence-corrected chi connectivity index (χ1v) is 12.4. The van der Waals surface area contributed by atoms with Crippen molar-refractivity contribution in [2.24, 2.45) is 0 Å². The van der Waals surface area contributed by atoms with Crippen LogP contribution in [0.4, 0.5) is 4.39 Å². The standard InChI is InChI=1S/C22H24Cl2FNO4S/c1-13-9-17(10-14(2)21(13)24)30-15(3)22(27)26(16-7-8-31(28,29)12-16)11-18-19(23)5-4-6-20(18)25/h4-6,9-10,15-16H,7-8,11-12H2,1-3H3. The molecular formula is C22H24Cl2FNO4S. The van der Waals surface area contributed by atoms with Crippen molar-refractivity contribution in [1.82, 2.24) is 4.90 Å². The van der Waals surface area contributed by atoms with Crippen molar-refractivity contribution in [2.75, 3.05) is 11.5 Å². The van der Waals surface area contributed by atoms with Gasteiger partial charge in [0.2, 0.25) is 0 Å². The van der Waals surface area contributed by atoms with Gasteiger partial charge >= 0.3 is 0 Å². The molecule has 0 aliphatic carbocycles. The molecule has 0 radical (unpaired) electrons. The minimum atomic E-state index is -3.26. The lowest BCUT2D eigenvalue weighted by molar-refractivity contribution is -0.140. The smallest absolute Gasteiger partial charge is 0.263 e. The molecule has 5 nitrogen and oxygen atoms in total. The van der Waals surface area contributed by atoms with Crippen molar-refractivity contribution >= 4 is 38.9 Å². The van der Waals surface area contributed by atoms with Gasteiger partial charge in [0.25, 0.3) is 5.91 Å². The number of amides is 1. The molecule has 1 aliphatic rings. The Labute approximate surface area is 192 Å². The van der Waals surface area contributed by atoms with Crippen molar-refractivity contribution in [1.29, 1.82) is 0 Å². The number of benzene rings is 2. The van der Waals surface area contributed by atoms with Crippen molar-refractivity contribution in [2.45, 2.75) is 45.9 Å². The lowest BCUT2D eigenvalue weighted by atomic mass is 10.1. The van der Waals surface area contributed by atoms with Crippen LogP contribution in [0.15, 0.2) is 30.3 Å². The monoisotopic (exact) mass is 487 g/mol. The maximum atomic E-state index is 14.4. The fraction of sp³-hybridized carbons (Fsp3) is 0.409. The topological polar surface area (TPSA) is 63.7 Å². The van der Waals surface area contributed by atoms with Gasteiger partial charge in [0.05, 0.1) is 18.1 Å². The minimum Gasteiger partial charge on any atom is -0.481 e. The van der Waals surface area contributed by atoms with Crippen LogP contribution in [0, 0.1) is 19.7 Å². The number of aryl methyl sites for hydroxylation is 2. The van der Waals surface area contributed by atoms with E-state index in [9.17, 15) is 17.6 Å². The van der Waals surface area contributed by atoms with Gasteiger partial charge in [-0.3, -0.25) is 4.79 Å². The first-order chi connectivity index (χ1) is 14.5. The van der Waals surface area contributed by atoms with Gasteiger partial charge in [0, 0.05) is 21.7 Å². The third-order valence-corrected chi connectivity index (χ3v) is 8.09. The second-order valence-electron chi connectivity index (χ2n) is 7.85. The van der Waals surface area contributed by atoms with E-state index < -0.39 is 33.7 Å². The number of ether oxygens (including phenoxy) is 1. The molecule has 9 heteroatoms. The Bertz CT molecular complexity index is 1060. The molecule has 3 rings (SSSR count). The predicted molar refractivity (Wildman–Crippen MR) is 120 cm³/mol. The summed E-state index contributed by atoms with van der Waals surface area (Å²) in [4.78, 5) is 14.7. The van der Waals surface area contributed by atoms with E-state index in [0.717, 1.165) is 11.1 Å².